The van der Waals surface area contributed by atoms with Crippen LogP contribution in [0, 0.1) is 5.82 Å². The lowest BCUT2D eigenvalue weighted by Gasteiger charge is -2.06. The average Bonchev–Trinajstić information content (AvgIpc) is 3.38. The van der Waals surface area contributed by atoms with Crippen molar-refractivity contribution in [2.45, 2.75) is 19.9 Å². The number of fused-ring (bicyclic) bond motifs is 1. The lowest BCUT2D eigenvalue weighted by Crippen LogP contribution is -2.27. The monoisotopic (exact) mass is 472 g/mol. The molecule has 0 unspecified atom stereocenters. The first-order valence-corrected chi connectivity index (χ1v) is 11.3. The molecule has 0 atom stereocenters. The lowest BCUT2D eigenvalue weighted by atomic mass is 10.1. The number of aromatic nitrogens is 3. The van der Waals surface area contributed by atoms with Gasteiger partial charge in [0.2, 0.25) is 5.91 Å². The van der Waals surface area contributed by atoms with Crippen molar-refractivity contribution in [3.05, 3.63) is 63.2 Å². The molecule has 4 rings (SSSR count). The third kappa shape index (κ3) is 4.73. The summed E-state index contributed by atoms with van der Waals surface area (Å²) >= 11 is 2.48. The highest BCUT2D eigenvalue weighted by Crippen LogP contribution is 2.30. The number of ether oxygens (including phenoxy) is 1. The number of benzene rings is 1. The van der Waals surface area contributed by atoms with Crippen molar-refractivity contribution in [1.29, 1.82) is 0 Å². The molecule has 1 amide bonds. The predicted molar refractivity (Wildman–Crippen MR) is 120 cm³/mol. The maximum Gasteiger partial charge on any atom is 0.311 e. The fraction of sp³-hybridized carbons (Fsp3) is 0.190. The van der Waals surface area contributed by atoms with E-state index in [2.05, 4.69) is 15.3 Å². The van der Waals surface area contributed by atoms with E-state index in [-0.39, 0.29) is 30.9 Å². The maximum atomic E-state index is 13.3. The van der Waals surface area contributed by atoms with Crippen LogP contribution < -0.4 is 10.9 Å². The fourth-order valence-electron chi connectivity index (χ4n) is 3.04. The van der Waals surface area contributed by atoms with Gasteiger partial charge in [-0.15, -0.1) is 22.7 Å². The van der Waals surface area contributed by atoms with E-state index in [1.165, 1.54) is 45.7 Å². The Morgan fingerprint density at radius 2 is 1.97 bits per heavy atom. The van der Waals surface area contributed by atoms with Crippen LogP contribution in [0.4, 0.5) is 9.52 Å². The van der Waals surface area contributed by atoms with Gasteiger partial charge in [0, 0.05) is 16.3 Å². The molecule has 0 spiro atoms. The molecular weight excluding hydrogens is 455 g/mol. The summed E-state index contributed by atoms with van der Waals surface area (Å²) in [5.74, 6) is -1.22. The summed E-state index contributed by atoms with van der Waals surface area (Å²) in [6.07, 6.45) is 1.34. The Morgan fingerprint density at radius 1 is 1.19 bits per heavy atom. The Kier molecular flexibility index (Phi) is 6.37. The van der Waals surface area contributed by atoms with Crippen LogP contribution in [0.3, 0.4) is 0 Å². The number of nitrogens with one attached hydrogen (secondary N) is 1. The molecule has 0 bridgehead atoms. The van der Waals surface area contributed by atoms with E-state index in [0.717, 1.165) is 0 Å². The van der Waals surface area contributed by atoms with E-state index >= 15 is 0 Å². The summed E-state index contributed by atoms with van der Waals surface area (Å²) < 4.78 is 19.4. The lowest BCUT2D eigenvalue weighted by molar-refractivity contribution is -0.142. The first-order chi connectivity index (χ1) is 15.4. The molecule has 0 aliphatic heterocycles. The zero-order valence-electron chi connectivity index (χ0n) is 16.8. The van der Waals surface area contributed by atoms with Gasteiger partial charge >= 0.3 is 5.97 Å². The number of thiazole rings is 1. The Balaban J connectivity index is 1.51. The van der Waals surface area contributed by atoms with Crippen molar-refractivity contribution in [2.75, 3.05) is 11.9 Å². The number of nitrogens with zero attached hydrogens (tertiary/aromatic N) is 3. The van der Waals surface area contributed by atoms with Crippen LogP contribution in [-0.2, 0) is 27.3 Å². The molecule has 3 aromatic heterocycles. The summed E-state index contributed by atoms with van der Waals surface area (Å²) in [4.78, 5) is 46.1. The molecular formula is C21H17FN4O4S2. The highest BCUT2D eigenvalue weighted by atomic mass is 32.1. The summed E-state index contributed by atoms with van der Waals surface area (Å²) in [6, 6.07) is 5.84. The zero-order valence-corrected chi connectivity index (χ0v) is 18.5. The molecule has 4 aromatic rings. The molecule has 3 heterocycles. The van der Waals surface area contributed by atoms with Crippen LogP contribution in [0.1, 0.15) is 12.6 Å². The minimum absolute atomic E-state index is 0.0184. The molecule has 11 heteroatoms. The number of carbonyl (C=O) groups excluding carboxylic acids is 2. The number of rotatable bonds is 7. The van der Waals surface area contributed by atoms with Crippen molar-refractivity contribution in [2.24, 2.45) is 0 Å². The van der Waals surface area contributed by atoms with E-state index in [9.17, 15) is 18.8 Å². The summed E-state index contributed by atoms with van der Waals surface area (Å²) in [6.45, 7) is 1.75. The van der Waals surface area contributed by atoms with Gasteiger partial charge in [0.15, 0.2) is 5.13 Å². The van der Waals surface area contributed by atoms with Gasteiger partial charge in [-0.2, -0.15) is 0 Å². The average molecular weight is 473 g/mol. The second-order valence-corrected chi connectivity index (χ2v) is 8.40. The number of halogens is 1. The van der Waals surface area contributed by atoms with Gasteiger partial charge in [-0.05, 0) is 24.6 Å². The first kappa shape index (κ1) is 21.8. The Bertz CT molecular complexity index is 1340. The largest absolute Gasteiger partial charge is 0.466 e. The van der Waals surface area contributed by atoms with Crippen molar-refractivity contribution in [1.82, 2.24) is 14.5 Å². The van der Waals surface area contributed by atoms with Crippen LogP contribution in [0.5, 0.6) is 0 Å². The van der Waals surface area contributed by atoms with Gasteiger partial charge in [0.05, 0.1) is 30.4 Å². The van der Waals surface area contributed by atoms with Crippen LogP contribution in [0.25, 0.3) is 21.3 Å². The van der Waals surface area contributed by atoms with E-state index in [1.54, 1.807) is 29.8 Å². The minimum atomic E-state index is -0.455. The number of carbonyl (C=O) groups is 2. The van der Waals surface area contributed by atoms with E-state index in [4.69, 9.17) is 4.74 Å². The van der Waals surface area contributed by atoms with Crippen LogP contribution in [0.2, 0.25) is 0 Å². The predicted octanol–water partition coefficient (Wildman–Crippen LogP) is 3.46. The van der Waals surface area contributed by atoms with Crippen molar-refractivity contribution < 1.29 is 18.7 Å². The number of hydrogen-bond acceptors (Lipinski definition) is 8. The maximum absolute atomic E-state index is 13.3. The normalized spacial score (nSPS) is 10.9. The van der Waals surface area contributed by atoms with Crippen molar-refractivity contribution in [3.63, 3.8) is 0 Å². The van der Waals surface area contributed by atoms with E-state index in [0.29, 0.717) is 32.2 Å². The smallest absolute Gasteiger partial charge is 0.311 e. The quantitative estimate of drug-likeness (QED) is 0.413. The summed E-state index contributed by atoms with van der Waals surface area (Å²) in [5.41, 5.74) is 1.45. The van der Waals surface area contributed by atoms with Gasteiger partial charge in [-0.3, -0.25) is 19.0 Å². The van der Waals surface area contributed by atoms with Gasteiger partial charge < -0.3 is 10.1 Å². The van der Waals surface area contributed by atoms with Gasteiger partial charge in [-0.25, -0.2) is 14.4 Å². The second-order valence-electron chi connectivity index (χ2n) is 6.69. The van der Waals surface area contributed by atoms with Crippen molar-refractivity contribution in [3.8, 4) is 11.1 Å². The molecule has 0 saturated heterocycles. The Labute approximate surface area is 189 Å². The van der Waals surface area contributed by atoms with E-state index < -0.39 is 11.9 Å². The molecule has 1 N–H and O–H groups in total. The van der Waals surface area contributed by atoms with Crippen LogP contribution >= 0.6 is 22.7 Å². The molecule has 8 nitrogen and oxygen atoms in total. The van der Waals surface area contributed by atoms with Crippen LogP contribution in [-0.4, -0.2) is 33.0 Å². The van der Waals surface area contributed by atoms with Gasteiger partial charge in [0.25, 0.3) is 5.56 Å². The van der Waals surface area contributed by atoms with E-state index in [1.807, 2.05) is 0 Å². The molecule has 1 aromatic carbocycles. The highest BCUT2D eigenvalue weighted by molar-refractivity contribution is 7.17. The molecule has 0 saturated carbocycles. The summed E-state index contributed by atoms with van der Waals surface area (Å²) in [7, 11) is 0. The number of esters is 1. The topological polar surface area (TPSA) is 103 Å². The Morgan fingerprint density at radius 3 is 2.72 bits per heavy atom. The molecule has 0 aliphatic rings. The third-order valence-electron chi connectivity index (χ3n) is 4.46. The number of thiophene rings is 1. The number of anilines is 1. The van der Waals surface area contributed by atoms with Gasteiger partial charge in [-0.1, -0.05) is 12.1 Å². The first-order valence-electron chi connectivity index (χ1n) is 9.57. The third-order valence-corrected chi connectivity index (χ3v) is 6.15. The fourth-order valence-corrected chi connectivity index (χ4v) is 4.67. The molecule has 0 fully saturated rings. The van der Waals surface area contributed by atoms with Crippen molar-refractivity contribution >= 4 is 49.9 Å². The standard InChI is InChI=1S/C21H17FN4O4S2/c1-2-30-17(28)7-14-9-32-21(24-14)25-16(27)8-26-11-23-19-18(20(26)29)15(10-31-19)12-3-5-13(22)6-4-12/h3-6,9-11H,2,7-8H2,1H3,(H,24,25,27). The molecule has 0 aliphatic carbocycles. The van der Waals surface area contributed by atoms with Gasteiger partial charge in [0.1, 0.15) is 17.2 Å². The van der Waals surface area contributed by atoms with Crippen LogP contribution in [0.15, 0.2) is 46.1 Å². The second kappa shape index (κ2) is 9.37. The Hall–Kier alpha value is -3.44. The number of hydrogen-bond donors (Lipinski definition) is 1. The number of amides is 1. The summed E-state index contributed by atoms with van der Waals surface area (Å²) in [5, 5.41) is 6.77. The zero-order chi connectivity index (χ0) is 22.7. The highest BCUT2D eigenvalue weighted by Gasteiger charge is 2.16. The molecule has 164 valence electrons. The minimum Gasteiger partial charge on any atom is -0.466 e. The SMILES string of the molecule is CCOC(=O)Cc1csc(NC(=O)Cn2cnc3scc(-c4ccc(F)cc4)c3c2=O)n1. The molecule has 32 heavy (non-hydrogen) atoms. The molecule has 0 radical (unpaired) electrons.